The van der Waals surface area contributed by atoms with Gasteiger partial charge in [0, 0.05) is 5.56 Å². The summed E-state index contributed by atoms with van der Waals surface area (Å²) < 4.78 is 28.4. The Morgan fingerprint density at radius 3 is 2.18 bits per heavy atom. The quantitative estimate of drug-likeness (QED) is 0.903. The van der Waals surface area contributed by atoms with Gasteiger partial charge < -0.3 is 10.1 Å². The van der Waals surface area contributed by atoms with Crippen LogP contribution in [0.1, 0.15) is 34.5 Å². The van der Waals surface area contributed by atoms with Gasteiger partial charge in [0.05, 0.1) is 6.04 Å². The third-order valence-electron chi connectivity index (χ3n) is 3.27. The molecule has 2 rings (SSSR count). The fraction of sp³-hybridized carbons (Fsp3) is 0.235. The zero-order valence-corrected chi connectivity index (χ0v) is 12.3. The van der Waals surface area contributed by atoms with E-state index in [0.29, 0.717) is 5.56 Å². The molecule has 0 bridgehead atoms. The molecule has 0 saturated carbocycles. The van der Waals surface area contributed by atoms with Crippen LogP contribution in [0.25, 0.3) is 0 Å². The van der Waals surface area contributed by atoms with E-state index in [2.05, 4.69) is 10.1 Å². The predicted octanol–water partition coefficient (Wildman–Crippen LogP) is 4.09. The van der Waals surface area contributed by atoms with Crippen LogP contribution >= 0.6 is 0 Å². The number of hydrogen-bond acceptors (Lipinski definition) is 2. The van der Waals surface area contributed by atoms with Gasteiger partial charge in [-0.15, -0.1) is 0 Å². The summed E-state index contributed by atoms with van der Waals surface area (Å²) in [6, 6.07) is 13.3. The number of ether oxygens (including phenoxy) is 1. The molecule has 0 aromatic heterocycles. The molecule has 2 aromatic rings. The molecular weight excluding hydrogens is 288 g/mol. The molecule has 0 aliphatic heterocycles. The summed E-state index contributed by atoms with van der Waals surface area (Å²) in [4.78, 5) is 12.1. The van der Waals surface area contributed by atoms with Crippen molar-refractivity contribution in [2.75, 3.05) is 0 Å². The Kier molecular flexibility index (Phi) is 5.09. The highest BCUT2D eigenvalue weighted by Gasteiger charge is 2.12. The Morgan fingerprint density at radius 1 is 1.05 bits per heavy atom. The molecule has 0 saturated heterocycles. The van der Waals surface area contributed by atoms with Crippen molar-refractivity contribution in [3.63, 3.8) is 0 Å². The first kappa shape index (κ1) is 15.9. The number of benzene rings is 2. The molecule has 0 aliphatic rings. The van der Waals surface area contributed by atoms with Crippen LogP contribution in [0.4, 0.5) is 8.78 Å². The molecule has 0 aliphatic carbocycles. The smallest absolute Gasteiger partial charge is 0.387 e. The minimum atomic E-state index is -2.87. The summed E-state index contributed by atoms with van der Waals surface area (Å²) in [7, 11) is 0. The van der Waals surface area contributed by atoms with Gasteiger partial charge in [-0.1, -0.05) is 29.8 Å². The van der Waals surface area contributed by atoms with Crippen molar-refractivity contribution in [1.29, 1.82) is 0 Å². The van der Waals surface area contributed by atoms with E-state index in [4.69, 9.17) is 0 Å². The zero-order valence-electron chi connectivity index (χ0n) is 12.3. The van der Waals surface area contributed by atoms with Crippen LogP contribution in [0.3, 0.4) is 0 Å². The third kappa shape index (κ3) is 4.28. The maximum Gasteiger partial charge on any atom is 0.387 e. The van der Waals surface area contributed by atoms with Gasteiger partial charge in [0.25, 0.3) is 5.91 Å². The fourth-order valence-corrected chi connectivity index (χ4v) is 2.01. The zero-order chi connectivity index (χ0) is 16.1. The average Bonchev–Trinajstić information content (AvgIpc) is 2.48. The van der Waals surface area contributed by atoms with Crippen LogP contribution in [0.15, 0.2) is 48.5 Å². The maximum atomic E-state index is 12.1. The molecule has 1 unspecified atom stereocenters. The number of aryl methyl sites for hydroxylation is 1. The van der Waals surface area contributed by atoms with Crippen molar-refractivity contribution in [2.24, 2.45) is 0 Å². The van der Waals surface area contributed by atoms with Crippen molar-refractivity contribution >= 4 is 5.91 Å². The van der Waals surface area contributed by atoms with E-state index in [1.165, 1.54) is 24.3 Å². The molecule has 1 amide bonds. The van der Waals surface area contributed by atoms with Gasteiger partial charge in [0.15, 0.2) is 0 Å². The highest BCUT2D eigenvalue weighted by Crippen LogP contribution is 2.17. The molecule has 5 heteroatoms. The second kappa shape index (κ2) is 7.02. The Balaban J connectivity index is 2.00. The number of alkyl halides is 2. The first-order valence-corrected chi connectivity index (χ1v) is 6.88. The lowest BCUT2D eigenvalue weighted by molar-refractivity contribution is -0.0498. The summed E-state index contributed by atoms with van der Waals surface area (Å²) in [5.41, 5.74) is 2.54. The van der Waals surface area contributed by atoms with E-state index in [1.54, 1.807) is 0 Å². The molecule has 0 heterocycles. The van der Waals surface area contributed by atoms with Crippen LogP contribution in [-0.2, 0) is 0 Å². The van der Waals surface area contributed by atoms with Crippen LogP contribution in [0.5, 0.6) is 5.75 Å². The number of carbonyl (C=O) groups is 1. The van der Waals surface area contributed by atoms with Crippen molar-refractivity contribution in [3.05, 3.63) is 65.2 Å². The predicted molar refractivity (Wildman–Crippen MR) is 80.1 cm³/mol. The molecule has 2 aromatic carbocycles. The van der Waals surface area contributed by atoms with E-state index in [9.17, 15) is 13.6 Å². The van der Waals surface area contributed by atoms with Crippen molar-refractivity contribution in [1.82, 2.24) is 5.32 Å². The highest BCUT2D eigenvalue weighted by atomic mass is 19.3. The minimum Gasteiger partial charge on any atom is -0.435 e. The monoisotopic (exact) mass is 305 g/mol. The molecule has 22 heavy (non-hydrogen) atoms. The summed E-state index contributed by atoms with van der Waals surface area (Å²) in [5, 5.41) is 2.86. The number of nitrogens with one attached hydrogen (secondary N) is 1. The number of rotatable bonds is 5. The van der Waals surface area contributed by atoms with Crippen LogP contribution in [0, 0.1) is 6.92 Å². The van der Waals surface area contributed by atoms with Gasteiger partial charge in [0.1, 0.15) is 5.75 Å². The molecule has 116 valence electrons. The molecule has 0 radical (unpaired) electrons. The molecule has 1 atom stereocenters. The topological polar surface area (TPSA) is 38.3 Å². The van der Waals surface area contributed by atoms with Gasteiger partial charge in [-0.2, -0.15) is 8.78 Å². The molecular formula is C17H17F2NO2. The van der Waals surface area contributed by atoms with Gasteiger partial charge in [-0.05, 0) is 43.7 Å². The maximum absolute atomic E-state index is 12.1. The lowest BCUT2D eigenvalue weighted by atomic mass is 10.1. The molecule has 3 nitrogen and oxygen atoms in total. The fourth-order valence-electron chi connectivity index (χ4n) is 2.01. The largest absolute Gasteiger partial charge is 0.435 e. The van der Waals surface area contributed by atoms with Crippen LogP contribution in [-0.4, -0.2) is 12.5 Å². The second-order valence-corrected chi connectivity index (χ2v) is 5.01. The van der Waals surface area contributed by atoms with Crippen molar-refractivity contribution < 1.29 is 18.3 Å². The van der Waals surface area contributed by atoms with Crippen molar-refractivity contribution in [3.8, 4) is 5.75 Å². The lowest BCUT2D eigenvalue weighted by Gasteiger charge is -2.15. The minimum absolute atomic E-state index is 0.0260. The Labute approximate surface area is 127 Å². The highest BCUT2D eigenvalue weighted by molar-refractivity contribution is 5.94. The van der Waals surface area contributed by atoms with Crippen LogP contribution in [0.2, 0.25) is 0 Å². The number of amides is 1. The summed E-state index contributed by atoms with van der Waals surface area (Å²) >= 11 is 0. The summed E-state index contributed by atoms with van der Waals surface area (Å²) in [5.74, 6) is -0.241. The number of halogens is 2. The molecule has 1 N–H and O–H groups in total. The lowest BCUT2D eigenvalue weighted by Crippen LogP contribution is -2.26. The van der Waals surface area contributed by atoms with Crippen molar-refractivity contribution in [2.45, 2.75) is 26.5 Å². The second-order valence-electron chi connectivity index (χ2n) is 5.01. The van der Waals surface area contributed by atoms with Gasteiger partial charge >= 0.3 is 6.61 Å². The Morgan fingerprint density at radius 2 is 1.64 bits per heavy atom. The van der Waals surface area contributed by atoms with E-state index < -0.39 is 6.61 Å². The Bertz CT molecular complexity index is 624. The number of hydrogen-bond donors (Lipinski definition) is 1. The first-order chi connectivity index (χ1) is 10.5. The summed E-state index contributed by atoms with van der Waals surface area (Å²) in [6.45, 7) is 1.01. The molecule has 0 spiro atoms. The number of carbonyl (C=O) groups excluding carboxylic acids is 1. The molecule has 0 fully saturated rings. The van der Waals surface area contributed by atoms with E-state index >= 15 is 0 Å². The van der Waals surface area contributed by atoms with Gasteiger partial charge in [0.2, 0.25) is 0 Å². The van der Waals surface area contributed by atoms with Gasteiger partial charge in [-0.25, -0.2) is 0 Å². The Hall–Kier alpha value is -2.43. The van der Waals surface area contributed by atoms with E-state index in [-0.39, 0.29) is 17.7 Å². The normalized spacial score (nSPS) is 12.0. The summed E-state index contributed by atoms with van der Waals surface area (Å²) in [6.07, 6.45) is 0. The SMILES string of the molecule is Cc1ccc(C(C)NC(=O)c2ccc(OC(F)F)cc2)cc1. The standard InChI is InChI=1S/C17H17F2NO2/c1-11-3-5-13(6-4-11)12(2)20-16(21)14-7-9-15(10-8-14)22-17(18)19/h3-10,12,17H,1-2H3,(H,20,21). The average molecular weight is 305 g/mol. The first-order valence-electron chi connectivity index (χ1n) is 6.88. The van der Waals surface area contributed by atoms with Gasteiger partial charge in [-0.3, -0.25) is 4.79 Å². The van der Waals surface area contributed by atoms with E-state index in [1.807, 2.05) is 38.1 Å². The van der Waals surface area contributed by atoms with E-state index in [0.717, 1.165) is 11.1 Å². The van der Waals surface area contributed by atoms with Crippen LogP contribution < -0.4 is 10.1 Å². The third-order valence-corrected chi connectivity index (χ3v) is 3.27.